The first kappa shape index (κ1) is 26.6. The maximum absolute atomic E-state index is 3.85. The molecule has 2 rings (SSSR count). The number of hydrogen-bond donors (Lipinski definition) is 0. The highest BCUT2D eigenvalue weighted by Gasteiger charge is 2.13. The summed E-state index contributed by atoms with van der Waals surface area (Å²) >= 11 is 11.2. The summed E-state index contributed by atoms with van der Waals surface area (Å²) in [4.78, 5) is 2.99. The summed E-state index contributed by atoms with van der Waals surface area (Å²) in [6, 6.07) is 4.82. The van der Waals surface area contributed by atoms with Crippen LogP contribution in [0.2, 0.25) is 0 Å². The first-order valence-corrected chi connectivity index (χ1v) is 15.8. The summed E-state index contributed by atoms with van der Waals surface area (Å²) in [7, 11) is 0. The molecule has 0 fully saturated rings. The van der Waals surface area contributed by atoms with Crippen LogP contribution in [0, 0.1) is 0 Å². The lowest BCUT2D eigenvalue weighted by Gasteiger charge is -2.04. The molecule has 0 nitrogen and oxygen atoms in total. The standard InChI is InChI=1S/C26H40Br2S2/c1-2-3-4-5-10-14-17-23-21-24(30-26(23)28)25-22(18-20-29-25)16-13-11-8-6-7-9-12-15-19-27/h18,20-21H,2-17,19H2,1H3. The van der Waals surface area contributed by atoms with Gasteiger partial charge >= 0.3 is 0 Å². The molecule has 0 N–H and O–H groups in total. The van der Waals surface area contributed by atoms with Crippen molar-refractivity contribution < 1.29 is 0 Å². The molecule has 2 heterocycles. The van der Waals surface area contributed by atoms with Crippen molar-refractivity contribution in [2.24, 2.45) is 0 Å². The summed E-state index contributed by atoms with van der Waals surface area (Å²) in [5.41, 5.74) is 3.09. The molecule has 0 saturated heterocycles. The van der Waals surface area contributed by atoms with E-state index in [0.29, 0.717) is 0 Å². The topological polar surface area (TPSA) is 0 Å². The van der Waals surface area contributed by atoms with E-state index in [2.05, 4.69) is 56.3 Å². The van der Waals surface area contributed by atoms with E-state index < -0.39 is 0 Å². The maximum Gasteiger partial charge on any atom is 0.0737 e. The van der Waals surface area contributed by atoms with E-state index in [1.807, 2.05) is 22.7 Å². The Morgan fingerprint density at radius 2 is 1.30 bits per heavy atom. The molecular weight excluding hydrogens is 536 g/mol. The Kier molecular flexibility index (Phi) is 15.0. The number of halogens is 2. The minimum atomic E-state index is 1.16. The van der Waals surface area contributed by atoms with Crippen molar-refractivity contribution in [3.05, 3.63) is 32.4 Å². The highest BCUT2D eigenvalue weighted by Crippen LogP contribution is 2.40. The second-order valence-corrected chi connectivity index (χ2v) is 12.5. The van der Waals surface area contributed by atoms with Crippen LogP contribution in [0.1, 0.15) is 108 Å². The summed E-state index contributed by atoms with van der Waals surface area (Å²) in [6.07, 6.45) is 21.8. The average Bonchev–Trinajstić information content (AvgIpc) is 3.35. The zero-order valence-corrected chi connectivity index (χ0v) is 23.6. The second kappa shape index (κ2) is 16.9. The molecule has 2 aromatic heterocycles. The summed E-state index contributed by atoms with van der Waals surface area (Å²) in [5.74, 6) is 0. The van der Waals surface area contributed by atoms with Gasteiger partial charge in [0.1, 0.15) is 0 Å². The van der Waals surface area contributed by atoms with Crippen LogP contribution in [-0.2, 0) is 12.8 Å². The van der Waals surface area contributed by atoms with E-state index in [-0.39, 0.29) is 0 Å². The number of aryl methyl sites for hydroxylation is 2. The molecule has 0 amide bonds. The van der Waals surface area contributed by atoms with Gasteiger partial charge in [-0.2, -0.15) is 0 Å². The zero-order valence-electron chi connectivity index (χ0n) is 18.8. The van der Waals surface area contributed by atoms with Crippen LogP contribution in [0.15, 0.2) is 21.3 Å². The van der Waals surface area contributed by atoms with E-state index in [9.17, 15) is 0 Å². The lowest BCUT2D eigenvalue weighted by Crippen LogP contribution is -1.87. The van der Waals surface area contributed by atoms with E-state index in [1.165, 1.54) is 122 Å². The molecule has 0 bridgehead atoms. The zero-order chi connectivity index (χ0) is 21.4. The highest BCUT2D eigenvalue weighted by molar-refractivity contribution is 9.11. The minimum absolute atomic E-state index is 1.16. The predicted molar refractivity (Wildman–Crippen MR) is 147 cm³/mol. The molecule has 0 atom stereocenters. The molecule has 0 unspecified atom stereocenters. The normalized spacial score (nSPS) is 11.4. The Hall–Kier alpha value is 0.360. The molecule has 30 heavy (non-hydrogen) atoms. The molecule has 0 aliphatic rings. The third-order valence-corrected chi connectivity index (χ3v) is 9.52. The lowest BCUT2D eigenvalue weighted by atomic mass is 10.0. The van der Waals surface area contributed by atoms with Crippen molar-refractivity contribution in [3.8, 4) is 9.75 Å². The van der Waals surface area contributed by atoms with Gasteiger partial charge in [0.15, 0.2) is 0 Å². The Bertz CT molecular complexity index is 674. The summed E-state index contributed by atoms with van der Waals surface area (Å²) < 4.78 is 1.35. The predicted octanol–water partition coefficient (Wildman–Crippen LogP) is 11.2. The van der Waals surface area contributed by atoms with Gasteiger partial charge in [0.2, 0.25) is 0 Å². The van der Waals surface area contributed by atoms with Crippen LogP contribution >= 0.6 is 54.5 Å². The van der Waals surface area contributed by atoms with E-state index in [0.717, 1.165) is 5.33 Å². The van der Waals surface area contributed by atoms with Crippen molar-refractivity contribution in [1.82, 2.24) is 0 Å². The molecular formula is C26H40Br2S2. The van der Waals surface area contributed by atoms with Gasteiger partial charge in [0.05, 0.1) is 3.79 Å². The van der Waals surface area contributed by atoms with Gasteiger partial charge in [0.25, 0.3) is 0 Å². The summed E-state index contributed by atoms with van der Waals surface area (Å²) in [5, 5.41) is 3.45. The van der Waals surface area contributed by atoms with Gasteiger partial charge in [-0.05, 0) is 76.7 Å². The van der Waals surface area contributed by atoms with Crippen LogP contribution in [0.3, 0.4) is 0 Å². The Morgan fingerprint density at radius 1 is 0.733 bits per heavy atom. The number of thiophene rings is 2. The van der Waals surface area contributed by atoms with Gasteiger partial charge in [-0.3, -0.25) is 0 Å². The van der Waals surface area contributed by atoms with Crippen LogP contribution in [-0.4, -0.2) is 5.33 Å². The number of unbranched alkanes of at least 4 members (excludes halogenated alkanes) is 12. The lowest BCUT2D eigenvalue weighted by molar-refractivity contribution is 0.577. The van der Waals surface area contributed by atoms with Gasteiger partial charge < -0.3 is 0 Å². The van der Waals surface area contributed by atoms with Crippen LogP contribution < -0.4 is 0 Å². The SMILES string of the molecule is CCCCCCCCc1cc(-c2sccc2CCCCCCCCCCBr)sc1Br. The number of rotatable bonds is 18. The first-order valence-electron chi connectivity index (χ1n) is 12.2. The largest absolute Gasteiger partial charge is 0.143 e. The van der Waals surface area contributed by atoms with E-state index in [4.69, 9.17) is 0 Å². The molecule has 0 saturated carbocycles. The molecule has 4 heteroatoms. The third kappa shape index (κ3) is 10.3. The molecule has 0 spiro atoms. The molecule has 0 radical (unpaired) electrons. The molecule has 0 aromatic carbocycles. The fourth-order valence-electron chi connectivity index (χ4n) is 4.00. The molecule has 170 valence electrons. The van der Waals surface area contributed by atoms with Crippen molar-refractivity contribution in [2.45, 2.75) is 110 Å². The monoisotopic (exact) mass is 574 g/mol. The van der Waals surface area contributed by atoms with Crippen LogP contribution in [0.4, 0.5) is 0 Å². The maximum atomic E-state index is 3.85. The Labute approximate surface area is 210 Å². The number of hydrogen-bond acceptors (Lipinski definition) is 2. The third-order valence-electron chi connectivity index (χ3n) is 5.86. The Balaban J connectivity index is 1.71. The molecule has 0 aliphatic heterocycles. The Morgan fingerprint density at radius 3 is 1.93 bits per heavy atom. The smallest absolute Gasteiger partial charge is 0.0737 e. The van der Waals surface area contributed by atoms with Crippen molar-refractivity contribution >= 4 is 54.5 Å². The van der Waals surface area contributed by atoms with Gasteiger partial charge in [-0.25, -0.2) is 0 Å². The molecule has 2 aromatic rings. The van der Waals surface area contributed by atoms with Crippen molar-refractivity contribution in [1.29, 1.82) is 0 Å². The quantitative estimate of drug-likeness (QED) is 0.122. The average molecular weight is 577 g/mol. The van der Waals surface area contributed by atoms with Gasteiger partial charge in [-0.15, -0.1) is 22.7 Å². The van der Waals surface area contributed by atoms with Crippen molar-refractivity contribution in [2.75, 3.05) is 5.33 Å². The fourth-order valence-corrected chi connectivity index (χ4v) is 7.28. The fraction of sp³-hybridized carbons (Fsp3) is 0.692. The van der Waals surface area contributed by atoms with E-state index in [1.54, 1.807) is 5.56 Å². The van der Waals surface area contributed by atoms with Gasteiger partial charge in [0, 0.05) is 15.1 Å². The highest BCUT2D eigenvalue weighted by atomic mass is 79.9. The number of alkyl halides is 1. The van der Waals surface area contributed by atoms with Crippen molar-refractivity contribution in [3.63, 3.8) is 0 Å². The van der Waals surface area contributed by atoms with E-state index >= 15 is 0 Å². The van der Waals surface area contributed by atoms with Gasteiger partial charge in [-0.1, -0.05) is 93.5 Å². The summed E-state index contributed by atoms with van der Waals surface area (Å²) in [6.45, 7) is 2.29. The van der Waals surface area contributed by atoms with Crippen LogP contribution in [0.5, 0.6) is 0 Å². The van der Waals surface area contributed by atoms with Crippen LogP contribution in [0.25, 0.3) is 9.75 Å². The minimum Gasteiger partial charge on any atom is -0.143 e. The molecule has 0 aliphatic carbocycles. The second-order valence-electron chi connectivity index (χ2n) is 8.47. The first-order chi connectivity index (χ1) is 14.8.